The van der Waals surface area contributed by atoms with Gasteiger partial charge in [0.05, 0.1) is 11.9 Å². The SMILES string of the molecule is CN=C(NCCCOC1CCCCC1)NCc1ccc(CS(C)(=O)=O)cc1. The molecule has 6 nitrogen and oxygen atoms in total. The van der Waals surface area contributed by atoms with E-state index in [9.17, 15) is 8.42 Å². The predicted octanol–water partition coefficient (Wildman–Crippen LogP) is 2.64. The Hall–Kier alpha value is -1.60. The highest BCUT2D eigenvalue weighted by Crippen LogP contribution is 2.20. The lowest BCUT2D eigenvalue weighted by Gasteiger charge is -2.22. The van der Waals surface area contributed by atoms with Crippen molar-refractivity contribution in [1.29, 1.82) is 0 Å². The molecular formula is C20H33N3O3S. The minimum absolute atomic E-state index is 0.0763. The van der Waals surface area contributed by atoms with E-state index >= 15 is 0 Å². The van der Waals surface area contributed by atoms with Crippen LogP contribution in [-0.4, -0.2) is 46.9 Å². The van der Waals surface area contributed by atoms with E-state index in [1.807, 2.05) is 24.3 Å². The van der Waals surface area contributed by atoms with Gasteiger partial charge in [0.1, 0.15) is 0 Å². The number of hydrogen-bond acceptors (Lipinski definition) is 4. The Morgan fingerprint density at radius 2 is 1.78 bits per heavy atom. The molecule has 0 atom stereocenters. The molecule has 2 N–H and O–H groups in total. The third-order valence-corrected chi connectivity index (χ3v) is 5.51. The zero-order valence-corrected chi connectivity index (χ0v) is 17.4. The Bertz CT molecular complexity index is 681. The lowest BCUT2D eigenvalue weighted by Crippen LogP contribution is -2.37. The van der Waals surface area contributed by atoms with Crippen LogP contribution in [0.1, 0.15) is 49.7 Å². The number of benzene rings is 1. The van der Waals surface area contributed by atoms with E-state index in [1.165, 1.54) is 38.4 Å². The van der Waals surface area contributed by atoms with Gasteiger partial charge in [-0.15, -0.1) is 0 Å². The van der Waals surface area contributed by atoms with Gasteiger partial charge >= 0.3 is 0 Å². The summed E-state index contributed by atoms with van der Waals surface area (Å²) >= 11 is 0. The Morgan fingerprint density at radius 3 is 2.41 bits per heavy atom. The van der Waals surface area contributed by atoms with Gasteiger partial charge < -0.3 is 15.4 Å². The molecule has 0 aliphatic heterocycles. The van der Waals surface area contributed by atoms with E-state index in [2.05, 4.69) is 15.6 Å². The summed E-state index contributed by atoms with van der Waals surface area (Å²) in [5, 5.41) is 6.57. The second-order valence-corrected chi connectivity index (χ2v) is 9.36. The molecule has 0 spiro atoms. The normalized spacial score (nSPS) is 16.3. The fraction of sp³-hybridized carbons (Fsp3) is 0.650. The summed E-state index contributed by atoms with van der Waals surface area (Å²) in [7, 11) is -1.24. The number of guanidine groups is 1. The molecule has 0 amide bonds. The minimum Gasteiger partial charge on any atom is -0.378 e. The zero-order chi connectivity index (χ0) is 19.5. The van der Waals surface area contributed by atoms with Gasteiger partial charge in [0.15, 0.2) is 15.8 Å². The maximum absolute atomic E-state index is 11.3. The third-order valence-electron chi connectivity index (χ3n) is 4.65. The molecule has 0 aromatic heterocycles. The van der Waals surface area contributed by atoms with Gasteiger partial charge in [-0.2, -0.15) is 0 Å². The molecule has 27 heavy (non-hydrogen) atoms. The summed E-state index contributed by atoms with van der Waals surface area (Å²) in [6, 6.07) is 7.60. The van der Waals surface area contributed by atoms with Crippen molar-refractivity contribution in [2.45, 2.75) is 56.9 Å². The van der Waals surface area contributed by atoms with E-state index in [-0.39, 0.29) is 5.75 Å². The van der Waals surface area contributed by atoms with Crippen LogP contribution in [0.3, 0.4) is 0 Å². The summed E-state index contributed by atoms with van der Waals surface area (Å²) in [5.41, 5.74) is 1.89. The smallest absolute Gasteiger partial charge is 0.191 e. The number of rotatable bonds is 9. The number of nitrogens with zero attached hydrogens (tertiary/aromatic N) is 1. The van der Waals surface area contributed by atoms with Crippen molar-refractivity contribution in [3.8, 4) is 0 Å². The lowest BCUT2D eigenvalue weighted by atomic mass is 9.98. The first-order valence-corrected chi connectivity index (χ1v) is 11.8. The number of hydrogen-bond donors (Lipinski definition) is 2. The van der Waals surface area contributed by atoms with Gasteiger partial charge in [0, 0.05) is 33.0 Å². The van der Waals surface area contributed by atoms with Gasteiger partial charge in [-0.25, -0.2) is 8.42 Å². The number of aliphatic imine (C=N–C) groups is 1. The maximum Gasteiger partial charge on any atom is 0.191 e. The van der Waals surface area contributed by atoms with Crippen LogP contribution in [0, 0.1) is 0 Å². The fourth-order valence-electron chi connectivity index (χ4n) is 3.22. The Kier molecular flexibility index (Phi) is 9.07. The first kappa shape index (κ1) is 21.7. The first-order valence-electron chi connectivity index (χ1n) is 9.78. The molecule has 0 saturated heterocycles. The molecule has 1 saturated carbocycles. The molecule has 0 unspecified atom stereocenters. The molecule has 0 bridgehead atoms. The van der Waals surface area contributed by atoms with Crippen LogP contribution in [0.25, 0.3) is 0 Å². The highest BCUT2D eigenvalue weighted by atomic mass is 32.2. The van der Waals surface area contributed by atoms with Crippen LogP contribution in [0.5, 0.6) is 0 Å². The average molecular weight is 396 g/mol. The molecule has 1 aromatic rings. The van der Waals surface area contributed by atoms with Gasteiger partial charge in [-0.1, -0.05) is 43.5 Å². The Balaban J connectivity index is 1.63. The summed E-state index contributed by atoms with van der Waals surface area (Å²) in [4.78, 5) is 4.23. The van der Waals surface area contributed by atoms with Crippen molar-refractivity contribution in [1.82, 2.24) is 10.6 Å². The van der Waals surface area contributed by atoms with Crippen LogP contribution in [-0.2, 0) is 26.9 Å². The first-order chi connectivity index (χ1) is 13.0. The van der Waals surface area contributed by atoms with Gasteiger partial charge in [0.25, 0.3) is 0 Å². The standard InChI is InChI=1S/C20H33N3O3S/c1-21-20(22-13-6-14-26-19-7-4-3-5-8-19)23-15-17-9-11-18(12-10-17)16-27(2,24)25/h9-12,19H,3-8,13-16H2,1-2H3,(H2,21,22,23). The summed E-state index contributed by atoms with van der Waals surface area (Å²) in [6.45, 7) is 2.24. The topological polar surface area (TPSA) is 79.8 Å². The van der Waals surface area contributed by atoms with E-state index in [0.717, 1.165) is 36.7 Å². The monoisotopic (exact) mass is 395 g/mol. The Morgan fingerprint density at radius 1 is 1.11 bits per heavy atom. The highest BCUT2D eigenvalue weighted by Gasteiger charge is 2.13. The number of ether oxygens (including phenoxy) is 1. The van der Waals surface area contributed by atoms with Crippen molar-refractivity contribution < 1.29 is 13.2 Å². The maximum atomic E-state index is 11.3. The van der Waals surface area contributed by atoms with Gasteiger partial charge in [-0.3, -0.25) is 4.99 Å². The lowest BCUT2D eigenvalue weighted by molar-refractivity contribution is 0.0277. The van der Waals surface area contributed by atoms with Gasteiger partial charge in [-0.05, 0) is 30.4 Å². The van der Waals surface area contributed by atoms with Crippen molar-refractivity contribution in [2.75, 3.05) is 26.5 Å². The molecule has 1 aliphatic rings. The van der Waals surface area contributed by atoms with Crippen LogP contribution in [0.15, 0.2) is 29.3 Å². The number of sulfone groups is 1. The van der Waals surface area contributed by atoms with Crippen LogP contribution >= 0.6 is 0 Å². The van der Waals surface area contributed by atoms with Crippen molar-refractivity contribution >= 4 is 15.8 Å². The predicted molar refractivity (Wildman–Crippen MR) is 111 cm³/mol. The average Bonchev–Trinajstić information content (AvgIpc) is 2.65. The van der Waals surface area contributed by atoms with E-state index in [4.69, 9.17) is 4.74 Å². The van der Waals surface area contributed by atoms with Crippen molar-refractivity contribution in [3.63, 3.8) is 0 Å². The summed E-state index contributed by atoms with van der Waals surface area (Å²) in [5.74, 6) is 0.834. The van der Waals surface area contributed by atoms with E-state index in [0.29, 0.717) is 12.6 Å². The molecule has 0 heterocycles. The molecule has 1 aromatic carbocycles. The molecule has 7 heteroatoms. The highest BCUT2D eigenvalue weighted by molar-refractivity contribution is 7.89. The summed E-state index contributed by atoms with van der Waals surface area (Å²) in [6.07, 6.45) is 9.03. The molecule has 1 aliphatic carbocycles. The van der Waals surface area contributed by atoms with E-state index < -0.39 is 9.84 Å². The minimum atomic E-state index is -3.00. The van der Waals surface area contributed by atoms with Crippen LogP contribution in [0.4, 0.5) is 0 Å². The third kappa shape index (κ3) is 9.24. The zero-order valence-electron chi connectivity index (χ0n) is 16.5. The quantitative estimate of drug-likeness (QED) is 0.382. The van der Waals surface area contributed by atoms with Crippen molar-refractivity contribution in [3.05, 3.63) is 35.4 Å². The van der Waals surface area contributed by atoms with Gasteiger partial charge in [0.2, 0.25) is 0 Å². The van der Waals surface area contributed by atoms with Crippen molar-refractivity contribution in [2.24, 2.45) is 4.99 Å². The molecular weight excluding hydrogens is 362 g/mol. The largest absolute Gasteiger partial charge is 0.378 e. The Labute approximate surface area is 163 Å². The number of nitrogens with one attached hydrogen (secondary N) is 2. The summed E-state index contributed by atoms with van der Waals surface area (Å²) < 4.78 is 28.6. The molecule has 152 valence electrons. The molecule has 2 rings (SSSR count). The second-order valence-electron chi connectivity index (χ2n) is 7.22. The second kappa shape index (κ2) is 11.3. The molecule has 0 radical (unpaired) electrons. The van der Waals surface area contributed by atoms with E-state index in [1.54, 1.807) is 7.05 Å². The van der Waals surface area contributed by atoms with Crippen LogP contribution < -0.4 is 10.6 Å². The fourth-order valence-corrected chi connectivity index (χ4v) is 4.02. The van der Waals surface area contributed by atoms with Crippen LogP contribution in [0.2, 0.25) is 0 Å². The molecule has 1 fully saturated rings.